The number of aryl methyl sites for hydroxylation is 1. The van der Waals surface area contributed by atoms with E-state index in [0.717, 1.165) is 34.4 Å². The Bertz CT molecular complexity index is 1240. The minimum atomic E-state index is -4.04. The van der Waals surface area contributed by atoms with Crippen LogP contribution in [0.2, 0.25) is 5.02 Å². The summed E-state index contributed by atoms with van der Waals surface area (Å²) in [5.41, 5.74) is -0.00297. The number of aromatic hydroxyl groups is 1. The molecule has 0 fully saturated rings. The van der Waals surface area contributed by atoms with Crippen LogP contribution in [0, 0.1) is 6.92 Å². The smallest absolute Gasteiger partial charge is 0.271 e. The van der Waals surface area contributed by atoms with Crippen LogP contribution in [0.25, 0.3) is 0 Å². The number of phenols is 1. The van der Waals surface area contributed by atoms with Crippen molar-refractivity contribution in [2.45, 2.75) is 16.0 Å². The lowest BCUT2D eigenvalue weighted by Gasteiger charge is -2.12. The van der Waals surface area contributed by atoms with Crippen molar-refractivity contribution < 1.29 is 21.9 Å². The number of hydrogen-bond acceptors (Lipinski definition) is 6. The predicted molar refractivity (Wildman–Crippen MR) is 110 cm³/mol. The van der Waals surface area contributed by atoms with Crippen molar-refractivity contribution in [2.24, 2.45) is 0 Å². The fourth-order valence-corrected chi connectivity index (χ4v) is 5.90. The highest BCUT2D eigenvalue weighted by atomic mass is 35.5. The Labute approximate surface area is 171 Å². The van der Waals surface area contributed by atoms with Crippen LogP contribution in [-0.4, -0.2) is 21.9 Å². The van der Waals surface area contributed by atoms with E-state index in [2.05, 4.69) is 9.44 Å². The average molecular weight is 459 g/mol. The van der Waals surface area contributed by atoms with E-state index in [4.69, 9.17) is 11.6 Å². The zero-order valence-corrected chi connectivity index (χ0v) is 17.6. The first-order valence-electron chi connectivity index (χ1n) is 7.77. The van der Waals surface area contributed by atoms with Gasteiger partial charge in [-0.1, -0.05) is 17.7 Å². The van der Waals surface area contributed by atoms with Gasteiger partial charge in [0.1, 0.15) is 9.96 Å². The van der Waals surface area contributed by atoms with Crippen molar-refractivity contribution in [1.82, 2.24) is 0 Å². The Balaban J connectivity index is 1.92. The molecule has 3 aromatic rings. The number of thiophene rings is 1. The third-order valence-corrected chi connectivity index (χ3v) is 8.05. The standard InChI is InChI=1S/C17H15ClN2O5S3/c1-11-5-8-17(26-11)28(24,25)20-15-10-14(6-7-16(15)21)27(22,23)19-13-4-2-3-12(18)9-13/h2-10,19-21H,1H3. The Kier molecular flexibility index (Phi) is 5.57. The summed E-state index contributed by atoms with van der Waals surface area (Å²) in [4.78, 5) is 0.567. The second-order valence-corrected chi connectivity index (χ2v) is 11.1. The summed E-state index contributed by atoms with van der Waals surface area (Å²) in [7, 11) is -8.00. The monoisotopic (exact) mass is 458 g/mol. The van der Waals surface area contributed by atoms with Gasteiger partial charge in [-0.25, -0.2) is 16.8 Å². The van der Waals surface area contributed by atoms with Gasteiger partial charge in [0.2, 0.25) is 0 Å². The lowest BCUT2D eigenvalue weighted by atomic mass is 10.3. The van der Waals surface area contributed by atoms with Gasteiger partial charge in [-0.15, -0.1) is 11.3 Å². The maximum atomic E-state index is 12.6. The summed E-state index contributed by atoms with van der Waals surface area (Å²) < 4.78 is 54.8. The van der Waals surface area contributed by atoms with Gasteiger partial charge in [-0.3, -0.25) is 9.44 Å². The fraction of sp³-hybridized carbons (Fsp3) is 0.0588. The second kappa shape index (κ2) is 7.63. The fourth-order valence-electron chi connectivity index (χ4n) is 2.28. The molecule has 0 saturated heterocycles. The van der Waals surface area contributed by atoms with E-state index in [0.29, 0.717) is 5.02 Å². The highest BCUT2D eigenvalue weighted by molar-refractivity contribution is 7.94. The number of hydrogen-bond donors (Lipinski definition) is 3. The minimum Gasteiger partial charge on any atom is -0.506 e. The number of anilines is 2. The summed E-state index contributed by atoms with van der Waals surface area (Å²) in [6, 6.07) is 12.5. The van der Waals surface area contributed by atoms with Crippen molar-refractivity contribution >= 4 is 54.4 Å². The molecule has 0 spiro atoms. The molecule has 3 N–H and O–H groups in total. The van der Waals surface area contributed by atoms with Crippen molar-refractivity contribution in [3.63, 3.8) is 0 Å². The van der Waals surface area contributed by atoms with Crippen LogP contribution < -0.4 is 9.44 Å². The molecule has 0 saturated carbocycles. The van der Waals surface area contributed by atoms with E-state index in [1.807, 2.05) is 0 Å². The number of rotatable bonds is 6. The largest absolute Gasteiger partial charge is 0.506 e. The summed E-state index contributed by atoms with van der Waals surface area (Å²) in [6.45, 7) is 1.76. The molecule has 0 bridgehead atoms. The summed E-state index contributed by atoms with van der Waals surface area (Å²) in [5, 5.41) is 10.3. The molecule has 0 radical (unpaired) electrons. The number of benzene rings is 2. The Morgan fingerprint density at radius 3 is 2.32 bits per heavy atom. The minimum absolute atomic E-state index is 0.0507. The predicted octanol–water partition coefficient (Wildman–Crippen LogP) is 4.02. The first-order valence-corrected chi connectivity index (χ1v) is 11.9. The molecule has 0 aliphatic carbocycles. The van der Waals surface area contributed by atoms with Gasteiger partial charge in [0.25, 0.3) is 20.0 Å². The number of sulfonamides is 2. The van der Waals surface area contributed by atoms with Crippen molar-refractivity contribution in [1.29, 1.82) is 0 Å². The third kappa shape index (κ3) is 4.58. The lowest BCUT2D eigenvalue weighted by molar-refractivity contribution is 0.477. The van der Waals surface area contributed by atoms with Crippen LogP contribution >= 0.6 is 22.9 Å². The Hall–Kier alpha value is -2.27. The summed E-state index contributed by atoms with van der Waals surface area (Å²) in [6.07, 6.45) is 0. The maximum Gasteiger partial charge on any atom is 0.271 e. The summed E-state index contributed by atoms with van der Waals surface area (Å²) >= 11 is 6.91. The average Bonchev–Trinajstić information content (AvgIpc) is 3.03. The molecule has 0 aliphatic rings. The van der Waals surface area contributed by atoms with Gasteiger partial charge in [0, 0.05) is 9.90 Å². The van der Waals surface area contributed by atoms with E-state index in [-0.39, 0.29) is 20.5 Å². The lowest BCUT2D eigenvalue weighted by Crippen LogP contribution is -2.15. The molecule has 1 aromatic heterocycles. The SMILES string of the molecule is Cc1ccc(S(=O)(=O)Nc2cc(S(=O)(=O)Nc3cccc(Cl)c3)ccc2O)s1. The highest BCUT2D eigenvalue weighted by Gasteiger charge is 2.21. The topological polar surface area (TPSA) is 113 Å². The van der Waals surface area contributed by atoms with Gasteiger partial charge in [-0.05, 0) is 55.5 Å². The molecule has 3 rings (SSSR count). The molecule has 2 aromatic carbocycles. The van der Waals surface area contributed by atoms with E-state index >= 15 is 0 Å². The Morgan fingerprint density at radius 2 is 1.68 bits per heavy atom. The number of phenolic OH excluding ortho intramolecular Hbond substituents is 1. The zero-order chi connectivity index (χ0) is 20.5. The molecule has 0 unspecified atom stereocenters. The van der Waals surface area contributed by atoms with Crippen molar-refractivity contribution in [3.8, 4) is 5.75 Å². The van der Waals surface area contributed by atoms with E-state index in [1.54, 1.807) is 25.1 Å². The third-order valence-electron chi connectivity index (χ3n) is 3.58. The van der Waals surface area contributed by atoms with Crippen LogP contribution in [0.5, 0.6) is 5.75 Å². The number of halogens is 1. The molecule has 28 heavy (non-hydrogen) atoms. The highest BCUT2D eigenvalue weighted by Crippen LogP contribution is 2.31. The summed E-state index contributed by atoms with van der Waals surface area (Å²) in [5.74, 6) is -0.404. The molecule has 1 heterocycles. The van der Waals surface area contributed by atoms with E-state index in [1.165, 1.54) is 18.2 Å². The molecular weight excluding hydrogens is 444 g/mol. The first-order chi connectivity index (χ1) is 13.1. The molecule has 148 valence electrons. The molecule has 7 nitrogen and oxygen atoms in total. The van der Waals surface area contributed by atoms with Crippen LogP contribution in [0.3, 0.4) is 0 Å². The van der Waals surface area contributed by atoms with Gasteiger partial charge in [0.15, 0.2) is 0 Å². The Morgan fingerprint density at radius 1 is 0.929 bits per heavy atom. The maximum absolute atomic E-state index is 12.6. The first kappa shape index (κ1) is 20.5. The normalized spacial score (nSPS) is 11.9. The molecule has 11 heteroatoms. The van der Waals surface area contributed by atoms with Crippen LogP contribution in [0.1, 0.15) is 4.88 Å². The van der Waals surface area contributed by atoms with Crippen molar-refractivity contribution in [2.75, 3.05) is 9.44 Å². The zero-order valence-electron chi connectivity index (χ0n) is 14.4. The van der Waals surface area contributed by atoms with Crippen molar-refractivity contribution in [3.05, 3.63) is 64.5 Å². The van der Waals surface area contributed by atoms with Crippen LogP contribution in [-0.2, 0) is 20.0 Å². The van der Waals surface area contributed by atoms with Gasteiger partial charge in [-0.2, -0.15) is 0 Å². The molecule has 0 aliphatic heterocycles. The van der Waals surface area contributed by atoms with Gasteiger partial charge < -0.3 is 5.11 Å². The molecule has 0 atom stereocenters. The molecular formula is C17H15ClN2O5S3. The quantitative estimate of drug-likeness (QED) is 0.483. The van der Waals surface area contributed by atoms with Gasteiger partial charge in [0.05, 0.1) is 16.3 Å². The number of nitrogens with one attached hydrogen (secondary N) is 2. The van der Waals surface area contributed by atoms with Gasteiger partial charge >= 0.3 is 0 Å². The van der Waals surface area contributed by atoms with Crippen LogP contribution in [0.15, 0.2) is 63.7 Å². The molecule has 0 amide bonds. The van der Waals surface area contributed by atoms with Crippen LogP contribution in [0.4, 0.5) is 11.4 Å². The van der Waals surface area contributed by atoms with E-state index in [9.17, 15) is 21.9 Å². The second-order valence-electron chi connectivity index (χ2n) is 5.77. The van der Waals surface area contributed by atoms with E-state index < -0.39 is 25.8 Å².